The molecule has 0 bridgehead atoms. The zero-order chi connectivity index (χ0) is 16.1. The molecule has 3 rings (SSSR count). The molecule has 3 aromatic rings. The maximum atomic E-state index is 4.60. The van der Waals surface area contributed by atoms with Crippen molar-refractivity contribution in [3.05, 3.63) is 57.1 Å². The second-order valence-electron chi connectivity index (χ2n) is 5.03. The molecule has 3 heterocycles. The number of aliphatic imine (C=N–C) groups is 1. The number of nitrogens with one attached hydrogen (secondary N) is 2. The summed E-state index contributed by atoms with van der Waals surface area (Å²) in [6.45, 7) is 4.20. The first-order valence-electron chi connectivity index (χ1n) is 7.41. The van der Waals surface area contributed by atoms with Gasteiger partial charge in [-0.2, -0.15) is 11.3 Å². The van der Waals surface area contributed by atoms with Crippen LogP contribution in [0, 0.1) is 0 Å². The van der Waals surface area contributed by atoms with Crippen molar-refractivity contribution in [3.8, 4) is 0 Å². The van der Waals surface area contributed by atoms with Gasteiger partial charge in [-0.1, -0.05) is 0 Å². The lowest BCUT2D eigenvalue weighted by Gasteiger charge is -2.09. The Kier molecular flexibility index (Phi) is 5.30. The van der Waals surface area contributed by atoms with Gasteiger partial charge in [0, 0.05) is 23.4 Å². The molecule has 0 saturated heterocycles. The summed E-state index contributed by atoms with van der Waals surface area (Å²) in [5, 5.41) is 10.8. The summed E-state index contributed by atoms with van der Waals surface area (Å²) in [5.74, 6) is 0.803. The lowest BCUT2D eigenvalue weighted by molar-refractivity contribution is 0.804. The Hall–Kier alpha value is -1.86. The Labute approximate surface area is 147 Å². The van der Waals surface area contributed by atoms with Gasteiger partial charge in [0.25, 0.3) is 0 Å². The summed E-state index contributed by atoms with van der Waals surface area (Å²) in [4.78, 5) is 9.19. The van der Waals surface area contributed by atoms with Gasteiger partial charge in [0.1, 0.15) is 5.65 Å². The van der Waals surface area contributed by atoms with Crippen LogP contribution in [0.25, 0.3) is 5.65 Å². The molecule has 2 N–H and O–H groups in total. The van der Waals surface area contributed by atoms with Gasteiger partial charge in [0.05, 0.1) is 18.8 Å². The summed E-state index contributed by atoms with van der Waals surface area (Å²) in [5.41, 5.74) is 3.14. The zero-order valence-corrected chi connectivity index (χ0v) is 15.2. The van der Waals surface area contributed by atoms with Crippen LogP contribution in [0.4, 0.5) is 0 Å². The molecule has 5 nitrogen and oxygen atoms in total. The Morgan fingerprint density at radius 3 is 3.00 bits per heavy atom. The number of imidazole rings is 1. The number of nitrogens with zero attached hydrogens (tertiary/aromatic N) is 3. The van der Waals surface area contributed by atoms with E-state index in [-0.39, 0.29) is 0 Å². The van der Waals surface area contributed by atoms with Gasteiger partial charge in [0.2, 0.25) is 0 Å². The number of aromatic nitrogens is 2. The maximum absolute atomic E-state index is 4.60. The molecular weight excluding hydrogens is 374 g/mol. The van der Waals surface area contributed by atoms with Crippen LogP contribution < -0.4 is 10.6 Å². The zero-order valence-electron chi connectivity index (χ0n) is 12.8. The standard InChI is InChI=1S/C16H18BrN5S/c1-2-18-16(19-7-12-5-6-23-11-12)20-8-14-10-22-9-13(17)3-4-15(22)21-14/h3-6,9-11H,2,7-8H2,1H3,(H2,18,19,20). The second-order valence-corrected chi connectivity index (χ2v) is 6.72. The van der Waals surface area contributed by atoms with Crippen molar-refractivity contribution in [2.45, 2.75) is 20.0 Å². The third-order valence-electron chi connectivity index (χ3n) is 3.25. The number of halogens is 1. The highest BCUT2D eigenvalue weighted by Gasteiger charge is 2.04. The molecule has 0 aliphatic rings. The molecular formula is C16H18BrN5S. The topological polar surface area (TPSA) is 53.7 Å². The fraction of sp³-hybridized carbons (Fsp3) is 0.250. The highest BCUT2D eigenvalue weighted by atomic mass is 79.9. The molecule has 7 heteroatoms. The normalized spacial score (nSPS) is 11.8. The molecule has 0 fully saturated rings. The predicted molar refractivity (Wildman–Crippen MR) is 98.9 cm³/mol. The van der Waals surface area contributed by atoms with Crippen LogP contribution in [0.3, 0.4) is 0 Å². The minimum atomic E-state index is 0.634. The van der Waals surface area contributed by atoms with E-state index in [1.54, 1.807) is 11.3 Å². The largest absolute Gasteiger partial charge is 0.357 e. The molecule has 0 unspecified atom stereocenters. The van der Waals surface area contributed by atoms with Crippen LogP contribution in [0.5, 0.6) is 0 Å². The molecule has 0 saturated carbocycles. The van der Waals surface area contributed by atoms with E-state index in [2.05, 4.69) is 60.3 Å². The first-order chi connectivity index (χ1) is 11.2. The Morgan fingerprint density at radius 2 is 2.22 bits per heavy atom. The van der Waals surface area contributed by atoms with Crippen molar-refractivity contribution < 1.29 is 0 Å². The summed E-state index contributed by atoms with van der Waals surface area (Å²) >= 11 is 5.16. The SMILES string of the molecule is CCNC(=NCc1ccsc1)NCc1cn2cc(Br)ccc2n1. The van der Waals surface area contributed by atoms with E-state index < -0.39 is 0 Å². The molecule has 0 radical (unpaired) electrons. The first-order valence-corrected chi connectivity index (χ1v) is 9.14. The average Bonchev–Trinajstić information content (AvgIpc) is 3.18. The van der Waals surface area contributed by atoms with Gasteiger partial charge in [-0.15, -0.1) is 0 Å². The predicted octanol–water partition coefficient (Wildman–Crippen LogP) is 3.41. The van der Waals surface area contributed by atoms with Crippen molar-refractivity contribution in [2.24, 2.45) is 4.99 Å². The summed E-state index contributed by atoms with van der Waals surface area (Å²) < 4.78 is 3.05. The van der Waals surface area contributed by atoms with Gasteiger partial charge < -0.3 is 15.0 Å². The minimum absolute atomic E-state index is 0.634. The van der Waals surface area contributed by atoms with Gasteiger partial charge in [-0.3, -0.25) is 0 Å². The van der Waals surface area contributed by atoms with Crippen molar-refractivity contribution in [1.82, 2.24) is 20.0 Å². The highest BCUT2D eigenvalue weighted by Crippen LogP contribution is 2.12. The Bertz CT molecular complexity index is 794. The fourth-order valence-corrected chi connectivity index (χ4v) is 3.18. The quantitative estimate of drug-likeness (QED) is 0.517. The number of guanidine groups is 1. The lowest BCUT2D eigenvalue weighted by atomic mass is 10.3. The maximum Gasteiger partial charge on any atom is 0.191 e. The van der Waals surface area contributed by atoms with Crippen LogP contribution in [0.2, 0.25) is 0 Å². The number of hydrogen-bond acceptors (Lipinski definition) is 3. The van der Waals surface area contributed by atoms with E-state index in [0.717, 1.165) is 28.3 Å². The Balaban J connectivity index is 1.66. The van der Waals surface area contributed by atoms with E-state index in [0.29, 0.717) is 13.1 Å². The van der Waals surface area contributed by atoms with E-state index in [1.165, 1.54) is 5.56 Å². The van der Waals surface area contributed by atoms with Crippen molar-refractivity contribution in [1.29, 1.82) is 0 Å². The number of thiophene rings is 1. The smallest absolute Gasteiger partial charge is 0.191 e. The lowest BCUT2D eigenvalue weighted by Crippen LogP contribution is -2.36. The average molecular weight is 392 g/mol. The van der Waals surface area contributed by atoms with Crippen LogP contribution in [-0.4, -0.2) is 21.9 Å². The molecule has 0 aromatic carbocycles. The van der Waals surface area contributed by atoms with Crippen LogP contribution in [-0.2, 0) is 13.1 Å². The van der Waals surface area contributed by atoms with E-state index in [1.807, 2.05) is 28.9 Å². The number of pyridine rings is 1. The third-order valence-corrected chi connectivity index (χ3v) is 4.45. The first kappa shape index (κ1) is 16.0. The van der Waals surface area contributed by atoms with E-state index in [9.17, 15) is 0 Å². The minimum Gasteiger partial charge on any atom is -0.357 e. The van der Waals surface area contributed by atoms with Crippen molar-refractivity contribution in [2.75, 3.05) is 6.54 Å². The monoisotopic (exact) mass is 391 g/mol. The fourth-order valence-electron chi connectivity index (χ4n) is 2.17. The Morgan fingerprint density at radius 1 is 1.30 bits per heavy atom. The van der Waals surface area contributed by atoms with Crippen molar-refractivity contribution >= 4 is 38.9 Å². The van der Waals surface area contributed by atoms with Gasteiger partial charge in [-0.05, 0) is 57.4 Å². The molecule has 23 heavy (non-hydrogen) atoms. The third kappa shape index (κ3) is 4.33. The van der Waals surface area contributed by atoms with Gasteiger partial charge in [-0.25, -0.2) is 9.98 Å². The molecule has 0 amide bonds. The van der Waals surface area contributed by atoms with Crippen molar-refractivity contribution in [3.63, 3.8) is 0 Å². The summed E-state index contributed by atoms with van der Waals surface area (Å²) in [6, 6.07) is 6.08. The number of hydrogen-bond donors (Lipinski definition) is 2. The molecule has 120 valence electrons. The van der Waals surface area contributed by atoms with E-state index in [4.69, 9.17) is 0 Å². The van der Waals surface area contributed by atoms with Crippen LogP contribution >= 0.6 is 27.3 Å². The summed E-state index contributed by atoms with van der Waals surface area (Å²) in [6.07, 6.45) is 4.03. The summed E-state index contributed by atoms with van der Waals surface area (Å²) in [7, 11) is 0. The molecule has 0 aliphatic heterocycles. The second kappa shape index (κ2) is 7.61. The van der Waals surface area contributed by atoms with Gasteiger partial charge in [0.15, 0.2) is 5.96 Å². The molecule has 0 atom stereocenters. The highest BCUT2D eigenvalue weighted by molar-refractivity contribution is 9.10. The van der Waals surface area contributed by atoms with Crippen LogP contribution in [0.15, 0.2) is 50.8 Å². The number of rotatable bonds is 5. The number of fused-ring (bicyclic) bond motifs is 1. The molecule has 0 spiro atoms. The van der Waals surface area contributed by atoms with Gasteiger partial charge >= 0.3 is 0 Å². The van der Waals surface area contributed by atoms with E-state index >= 15 is 0 Å². The van der Waals surface area contributed by atoms with Crippen LogP contribution in [0.1, 0.15) is 18.2 Å². The molecule has 0 aliphatic carbocycles. The molecule has 3 aromatic heterocycles.